The van der Waals surface area contributed by atoms with Crippen molar-refractivity contribution in [3.8, 4) is 5.75 Å². The number of carboxylic acids is 1. The first-order valence-corrected chi connectivity index (χ1v) is 7.06. The number of aryl methyl sites for hydroxylation is 1. The second-order valence-electron chi connectivity index (χ2n) is 5.92. The molecular weight excluding hydrogens is 254 g/mol. The molecule has 0 saturated carbocycles. The molecule has 3 rings (SSSR count). The van der Waals surface area contributed by atoms with Crippen molar-refractivity contribution in [2.75, 3.05) is 0 Å². The molecule has 1 aromatic carbocycles. The van der Waals surface area contributed by atoms with Gasteiger partial charge in [-0.3, -0.25) is 4.79 Å². The monoisotopic (exact) mass is 273 g/mol. The van der Waals surface area contributed by atoms with E-state index in [1.807, 2.05) is 0 Å². The lowest BCUT2D eigenvalue weighted by molar-refractivity contribution is -0.137. The first-order chi connectivity index (χ1) is 9.47. The molecule has 2 aromatic rings. The molecule has 1 atom stereocenters. The molecule has 0 amide bonds. The molecule has 4 nitrogen and oxygen atoms in total. The summed E-state index contributed by atoms with van der Waals surface area (Å²) in [6.07, 6.45) is 1.95. The summed E-state index contributed by atoms with van der Waals surface area (Å²) in [7, 11) is 0. The third-order valence-electron chi connectivity index (χ3n) is 4.16. The molecule has 20 heavy (non-hydrogen) atoms. The number of rotatable bonds is 3. The van der Waals surface area contributed by atoms with Gasteiger partial charge in [0, 0.05) is 17.1 Å². The molecule has 1 aliphatic heterocycles. The Morgan fingerprint density at radius 1 is 1.40 bits per heavy atom. The lowest BCUT2D eigenvalue weighted by atomic mass is 9.99. The van der Waals surface area contributed by atoms with Gasteiger partial charge in [-0.1, -0.05) is 13.8 Å². The van der Waals surface area contributed by atoms with Crippen LogP contribution >= 0.6 is 0 Å². The van der Waals surface area contributed by atoms with Crippen molar-refractivity contribution in [3.63, 3.8) is 0 Å². The zero-order valence-corrected chi connectivity index (χ0v) is 11.8. The number of carboxylic acid groups (broad SMARTS) is 1. The van der Waals surface area contributed by atoms with Crippen LogP contribution in [-0.2, 0) is 11.2 Å². The molecule has 0 spiro atoms. The highest BCUT2D eigenvalue weighted by Gasteiger charge is 2.28. The van der Waals surface area contributed by atoms with Crippen LogP contribution in [0.15, 0.2) is 18.2 Å². The van der Waals surface area contributed by atoms with Gasteiger partial charge in [-0.2, -0.15) is 0 Å². The van der Waals surface area contributed by atoms with E-state index in [1.54, 1.807) is 12.1 Å². The maximum atomic E-state index is 11.0. The predicted molar refractivity (Wildman–Crippen MR) is 77.3 cm³/mol. The van der Waals surface area contributed by atoms with E-state index in [2.05, 4.69) is 24.5 Å². The number of phenolic OH excluding ortho intramolecular Hbond substituents is 1. The lowest BCUT2D eigenvalue weighted by Crippen LogP contribution is -2.10. The van der Waals surface area contributed by atoms with Gasteiger partial charge in [0.15, 0.2) is 0 Å². The minimum atomic E-state index is -0.755. The van der Waals surface area contributed by atoms with E-state index in [1.165, 1.54) is 5.69 Å². The Morgan fingerprint density at radius 3 is 2.80 bits per heavy atom. The third-order valence-corrected chi connectivity index (χ3v) is 4.16. The minimum absolute atomic E-state index is 0.0297. The smallest absolute Gasteiger partial charge is 0.305 e. The van der Waals surface area contributed by atoms with Gasteiger partial charge in [-0.15, -0.1) is 0 Å². The fourth-order valence-electron chi connectivity index (χ4n) is 3.33. The van der Waals surface area contributed by atoms with Gasteiger partial charge in [0.25, 0.3) is 0 Å². The zero-order chi connectivity index (χ0) is 14.4. The van der Waals surface area contributed by atoms with Gasteiger partial charge in [0.05, 0.1) is 11.9 Å². The van der Waals surface area contributed by atoms with Crippen molar-refractivity contribution in [3.05, 3.63) is 29.5 Å². The highest BCUT2D eigenvalue weighted by molar-refractivity contribution is 5.87. The maximum absolute atomic E-state index is 11.0. The Labute approximate surface area is 117 Å². The Bertz CT molecular complexity index is 685. The number of hydrogen-bond donors (Lipinski definition) is 2. The molecular formula is C16H19NO3. The largest absolute Gasteiger partial charge is 0.508 e. The van der Waals surface area contributed by atoms with E-state index >= 15 is 0 Å². The van der Waals surface area contributed by atoms with Crippen molar-refractivity contribution in [2.24, 2.45) is 0 Å². The van der Waals surface area contributed by atoms with Crippen molar-refractivity contribution < 1.29 is 15.0 Å². The Kier molecular flexibility index (Phi) is 2.96. The summed E-state index contributed by atoms with van der Waals surface area (Å²) in [5.41, 5.74) is 3.36. The van der Waals surface area contributed by atoms with Crippen LogP contribution in [0.5, 0.6) is 5.75 Å². The average Bonchev–Trinajstić information content (AvgIpc) is 2.87. The number of aromatic hydroxyl groups is 1. The van der Waals surface area contributed by atoms with Crippen molar-refractivity contribution in [1.82, 2.24) is 4.57 Å². The summed E-state index contributed by atoms with van der Waals surface area (Å²) in [5.74, 6) is -0.190. The number of aromatic nitrogens is 1. The minimum Gasteiger partial charge on any atom is -0.508 e. The van der Waals surface area contributed by atoms with Crippen molar-refractivity contribution in [1.29, 1.82) is 0 Å². The number of benzene rings is 1. The summed E-state index contributed by atoms with van der Waals surface area (Å²) in [5, 5.41) is 19.9. The average molecular weight is 273 g/mol. The number of aliphatic carboxylic acids is 1. The van der Waals surface area contributed by atoms with E-state index in [4.69, 9.17) is 5.11 Å². The standard InChI is InChI=1S/C16H19NO3/c1-9(2)14-8-13(18)6-10-5-11-3-4-12(7-15(19)20)17(11)16(10)14/h5-6,8-9,12,18H,3-4,7H2,1-2H3,(H,19,20). The van der Waals surface area contributed by atoms with Crippen molar-refractivity contribution in [2.45, 2.75) is 45.1 Å². The number of carbonyl (C=O) groups is 1. The number of phenols is 1. The number of hydrogen-bond acceptors (Lipinski definition) is 2. The molecule has 1 aromatic heterocycles. The van der Waals surface area contributed by atoms with E-state index in [9.17, 15) is 9.90 Å². The molecule has 1 unspecified atom stereocenters. The summed E-state index contributed by atoms with van der Waals surface area (Å²) >= 11 is 0. The Hall–Kier alpha value is -1.97. The highest BCUT2D eigenvalue weighted by atomic mass is 16.4. The van der Waals surface area contributed by atoms with E-state index in [0.29, 0.717) is 0 Å². The van der Waals surface area contributed by atoms with Gasteiger partial charge < -0.3 is 14.8 Å². The molecule has 0 saturated heterocycles. The highest BCUT2D eigenvalue weighted by Crippen LogP contribution is 2.39. The first kappa shape index (κ1) is 13.0. The fourth-order valence-corrected chi connectivity index (χ4v) is 3.33. The summed E-state index contributed by atoms with van der Waals surface area (Å²) in [4.78, 5) is 11.0. The molecule has 0 fully saturated rings. The molecule has 0 radical (unpaired) electrons. The molecule has 0 aliphatic carbocycles. The lowest BCUT2D eigenvalue weighted by Gasteiger charge is -2.17. The molecule has 106 valence electrons. The van der Waals surface area contributed by atoms with Crippen LogP contribution in [0, 0.1) is 0 Å². The predicted octanol–water partition coefficient (Wildman–Crippen LogP) is 3.43. The Balaban J connectivity index is 2.23. The fraction of sp³-hybridized carbons (Fsp3) is 0.438. The summed E-state index contributed by atoms with van der Waals surface area (Å²) < 4.78 is 2.18. The number of nitrogens with zero attached hydrogens (tertiary/aromatic N) is 1. The SMILES string of the molecule is CC(C)c1cc(O)cc2cc3n(c12)C(CC(=O)O)CC3. The van der Waals surface area contributed by atoms with Crippen LogP contribution in [0.25, 0.3) is 10.9 Å². The van der Waals surface area contributed by atoms with Gasteiger partial charge >= 0.3 is 5.97 Å². The summed E-state index contributed by atoms with van der Waals surface area (Å²) in [6.45, 7) is 4.19. The van der Waals surface area contributed by atoms with Crippen LogP contribution in [0.3, 0.4) is 0 Å². The molecule has 0 bridgehead atoms. The van der Waals surface area contributed by atoms with Crippen LogP contribution in [0.4, 0.5) is 0 Å². The van der Waals surface area contributed by atoms with Gasteiger partial charge in [-0.25, -0.2) is 0 Å². The first-order valence-electron chi connectivity index (χ1n) is 7.06. The quantitative estimate of drug-likeness (QED) is 0.900. The molecule has 2 N–H and O–H groups in total. The molecule has 1 aliphatic rings. The van der Waals surface area contributed by atoms with Crippen molar-refractivity contribution >= 4 is 16.9 Å². The molecule has 4 heteroatoms. The summed E-state index contributed by atoms with van der Waals surface area (Å²) in [6, 6.07) is 5.69. The normalized spacial score (nSPS) is 17.9. The maximum Gasteiger partial charge on any atom is 0.305 e. The van der Waals surface area contributed by atoms with E-state index in [0.717, 1.165) is 29.3 Å². The number of fused-ring (bicyclic) bond motifs is 3. The van der Waals surface area contributed by atoms with Crippen LogP contribution in [0.1, 0.15) is 49.9 Å². The second-order valence-corrected chi connectivity index (χ2v) is 5.92. The third kappa shape index (κ3) is 1.96. The molecule has 2 heterocycles. The topological polar surface area (TPSA) is 62.5 Å². The zero-order valence-electron chi connectivity index (χ0n) is 11.8. The van der Waals surface area contributed by atoms with Gasteiger partial charge in [0.2, 0.25) is 0 Å². The van der Waals surface area contributed by atoms with Crippen LogP contribution < -0.4 is 0 Å². The van der Waals surface area contributed by atoms with Crippen LogP contribution in [0.2, 0.25) is 0 Å². The van der Waals surface area contributed by atoms with Gasteiger partial charge in [-0.05, 0) is 42.5 Å². The van der Waals surface area contributed by atoms with Gasteiger partial charge in [0.1, 0.15) is 5.75 Å². The second kappa shape index (κ2) is 4.54. The Morgan fingerprint density at radius 2 is 2.15 bits per heavy atom. The van der Waals surface area contributed by atoms with E-state index in [-0.39, 0.29) is 24.1 Å². The van der Waals surface area contributed by atoms with E-state index < -0.39 is 5.97 Å². The van der Waals surface area contributed by atoms with Crippen LogP contribution in [-0.4, -0.2) is 20.7 Å².